The van der Waals surface area contributed by atoms with Gasteiger partial charge in [-0.3, -0.25) is 0 Å². The minimum atomic E-state index is -3.65. The molecule has 1 heterocycles. The van der Waals surface area contributed by atoms with Crippen molar-refractivity contribution >= 4 is 21.6 Å². The van der Waals surface area contributed by atoms with E-state index < -0.39 is 10.0 Å². The predicted molar refractivity (Wildman–Crippen MR) is 67.5 cm³/mol. The maximum Gasteiger partial charge on any atom is 0.263 e. The smallest absolute Gasteiger partial charge is 0.263 e. The average molecular weight is 278 g/mol. The van der Waals surface area contributed by atoms with Gasteiger partial charge in [0.1, 0.15) is 5.15 Å². The lowest BCUT2D eigenvalue weighted by Crippen LogP contribution is -2.32. The number of imidazole rings is 1. The van der Waals surface area contributed by atoms with Crippen LogP contribution < -0.4 is 0 Å². The molecule has 96 valence electrons. The van der Waals surface area contributed by atoms with E-state index >= 15 is 0 Å². The van der Waals surface area contributed by atoms with Gasteiger partial charge in [-0.2, -0.15) is 4.31 Å². The van der Waals surface area contributed by atoms with E-state index in [1.54, 1.807) is 20.9 Å². The predicted octanol–water partition coefficient (Wildman–Crippen LogP) is 1.66. The Labute approximate surface area is 107 Å². The van der Waals surface area contributed by atoms with E-state index in [2.05, 4.69) is 11.6 Å². The highest BCUT2D eigenvalue weighted by molar-refractivity contribution is 7.89. The van der Waals surface area contributed by atoms with Crippen LogP contribution in [0, 0.1) is 0 Å². The number of halogens is 1. The lowest BCUT2D eigenvalue weighted by Gasteiger charge is -2.19. The molecule has 0 spiro atoms. The summed E-state index contributed by atoms with van der Waals surface area (Å²) in [6, 6.07) is 0. The van der Waals surface area contributed by atoms with E-state index in [1.165, 1.54) is 15.2 Å². The molecule has 0 atom stereocenters. The maximum atomic E-state index is 12.3. The van der Waals surface area contributed by atoms with Gasteiger partial charge in [-0.1, -0.05) is 30.7 Å². The third-order valence-electron chi connectivity index (χ3n) is 2.22. The molecule has 0 unspecified atom stereocenters. The summed E-state index contributed by atoms with van der Waals surface area (Å²) in [4.78, 5) is 3.83. The molecular formula is C10H16ClN3O2S. The van der Waals surface area contributed by atoms with Crippen LogP contribution in [0.5, 0.6) is 0 Å². The van der Waals surface area contributed by atoms with E-state index in [0.29, 0.717) is 6.54 Å². The summed E-state index contributed by atoms with van der Waals surface area (Å²) in [5.41, 5.74) is 0.766. The Morgan fingerprint density at radius 1 is 1.65 bits per heavy atom. The van der Waals surface area contributed by atoms with Gasteiger partial charge in [0.05, 0.1) is 6.33 Å². The minimum absolute atomic E-state index is 0.107. The number of hydrogen-bond acceptors (Lipinski definition) is 3. The summed E-state index contributed by atoms with van der Waals surface area (Å²) in [6.45, 7) is 7.87. The number of nitrogens with zero attached hydrogens (tertiary/aromatic N) is 3. The quantitative estimate of drug-likeness (QED) is 0.769. The van der Waals surface area contributed by atoms with E-state index in [-0.39, 0.29) is 16.7 Å². The first-order valence-corrected chi connectivity index (χ1v) is 6.93. The monoisotopic (exact) mass is 277 g/mol. The van der Waals surface area contributed by atoms with Crippen molar-refractivity contribution in [1.29, 1.82) is 0 Å². The van der Waals surface area contributed by atoms with Gasteiger partial charge in [0, 0.05) is 20.1 Å². The highest BCUT2D eigenvalue weighted by atomic mass is 35.5. The van der Waals surface area contributed by atoms with E-state index in [0.717, 1.165) is 5.57 Å². The molecule has 0 N–H and O–H groups in total. The summed E-state index contributed by atoms with van der Waals surface area (Å²) < 4.78 is 27.3. The average Bonchev–Trinajstić information content (AvgIpc) is 2.56. The molecule has 0 aliphatic rings. The molecule has 0 aromatic carbocycles. The van der Waals surface area contributed by atoms with Crippen molar-refractivity contribution in [3.8, 4) is 0 Å². The first kappa shape index (κ1) is 14.2. The SMILES string of the molecule is C=C(C)CN(CC)S(=O)(=O)c1ncn(C)c1Cl. The fraction of sp³-hybridized carbons (Fsp3) is 0.500. The molecule has 1 rings (SSSR count). The van der Waals surface area contributed by atoms with Crippen LogP contribution in [0.25, 0.3) is 0 Å². The van der Waals surface area contributed by atoms with Crippen molar-refractivity contribution < 1.29 is 8.42 Å². The van der Waals surface area contributed by atoms with Crippen LogP contribution >= 0.6 is 11.6 Å². The molecule has 5 nitrogen and oxygen atoms in total. The van der Waals surface area contributed by atoms with Crippen molar-refractivity contribution in [3.63, 3.8) is 0 Å². The van der Waals surface area contributed by atoms with Crippen LogP contribution in [0.2, 0.25) is 5.15 Å². The number of aromatic nitrogens is 2. The molecule has 1 aromatic rings. The van der Waals surface area contributed by atoms with Gasteiger partial charge in [-0.15, -0.1) is 0 Å². The second-order valence-corrected chi connectivity index (χ2v) is 6.05. The molecule has 0 amide bonds. The van der Waals surface area contributed by atoms with Crippen LogP contribution in [0.15, 0.2) is 23.5 Å². The Kier molecular flexibility index (Phi) is 4.35. The maximum absolute atomic E-state index is 12.3. The van der Waals surface area contributed by atoms with Crippen molar-refractivity contribution in [1.82, 2.24) is 13.9 Å². The van der Waals surface area contributed by atoms with Gasteiger partial charge in [0.25, 0.3) is 10.0 Å². The van der Waals surface area contributed by atoms with Gasteiger partial charge in [-0.25, -0.2) is 13.4 Å². The summed E-state index contributed by atoms with van der Waals surface area (Å²) in [5.74, 6) is 0. The fourth-order valence-electron chi connectivity index (χ4n) is 1.36. The lowest BCUT2D eigenvalue weighted by atomic mass is 10.3. The van der Waals surface area contributed by atoms with Crippen LogP contribution in [-0.4, -0.2) is 35.4 Å². The largest absolute Gasteiger partial charge is 0.324 e. The van der Waals surface area contributed by atoms with Crippen molar-refractivity contribution in [2.75, 3.05) is 13.1 Å². The van der Waals surface area contributed by atoms with Gasteiger partial charge in [0.2, 0.25) is 5.03 Å². The molecule has 0 aliphatic heterocycles. The molecule has 7 heteroatoms. The molecule has 1 aromatic heterocycles. The molecule has 0 saturated carbocycles. The first-order valence-electron chi connectivity index (χ1n) is 5.12. The first-order chi connectivity index (χ1) is 7.80. The minimum Gasteiger partial charge on any atom is -0.324 e. The molecular weight excluding hydrogens is 262 g/mol. The summed E-state index contributed by atoms with van der Waals surface area (Å²) in [7, 11) is -2.01. The number of sulfonamides is 1. The number of rotatable bonds is 5. The van der Waals surface area contributed by atoms with Crippen LogP contribution in [0.1, 0.15) is 13.8 Å². The molecule has 0 fully saturated rings. The third kappa shape index (κ3) is 2.88. The van der Waals surface area contributed by atoms with Crippen LogP contribution in [0.4, 0.5) is 0 Å². The Morgan fingerprint density at radius 2 is 2.24 bits per heavy atom. The zero-order valence-corrected chi connectivity index (χ0v) is 11.7. The highest BCUT2D eigenvalue weighted by Crippen LogP contribution is 2.22. The molecule has 0 aliphatic carbocycles. The molecule has 17 heavy (non-hydrogen) atoms. The summed E-state index contributed by atoms with van der Waals surface area (Å²) >= 11 is 5.90. The second kappa shape index (κ2) is 5.20. The van der Waals surface area contributed by atoms with Gasteiger partial charge < -0.3 is 4.57 Å². The molecule has 0 saturated heterocycles. The zero-order chi connectivity index (χ0) is 13.2. The third-order valence-corrected chi connectivity index (χ3v) is 4.63. The summed E-state index contributed by atoms with van der Waals surface area (Å²) in [6.07, 6.45) is 1.38. The van der Waals surface area contributed by atoms with Gasteiger partial charge in [-0.05, 0) is 6.92 Å². The van der Waals surface area contributed by atoms with Gasteiger partial charge in [0.15, 0.2) is 0 Å². The van der Waals surface area contributed by atoms with E-state index in [4.69, 9.17) is 11.6 Å². The van der Waals surface area contributed by atoms with Gasteiger partial charge >= 0.3 is 0 Å². The Morgan fingerprint density at radius 3 is 2.59 bits per heavy atom. The fourth-order valence-corrected chi connectivity index (χ4v) is 3.25. The topological polar surface area (TPSA) is 55.2 Å². The van der Waals surface area contributed by atoms with Crippen LogP contribution in [-0.2, 0) is 17.1 Å². The number of aryl methyl sites for hydroxylation is 1. The standard InChI is InChI=1S/C10H16ClN3O2S/c1-5-14(6-8(2)3)17(15,16)10-9(11)13(4)7-12-10/h7H,2,5-6H2,1,3-4H3. The van der Waals surface area contributed by atoms with Crippen molar-refractivity contribution in [2.24, 2.45) is 7.05 Å². The number of likely N-dealkylation sites (N-methyl/N-ethyl adjacent to an activating group) is 1. The number of hydrogen-bond donors (Lipinski definition) is 0. The Hall–Kier alpha value is -0.850. The van der Waals surface area contributed by atoms with E-state index in [1.807, 2.05) is 0 Å². The van der Waals surface area contributed by atoms with Crippen molar-refractivity contribution in [2.45, 2.75) is 18.9 Å². The molecule has 0 radical (unpaired) electrons. The Bertz CT molecular complexity index is 522. The lowest BCUT2D eigenvalue weighted by molar-refractivity contribution is 0.450. The van der Waals surface area contributed by atoms with Crippen molar-refractivity contribution in [3.05, 3.63) is 23.6 Å². The second-order valence-electron chi connectivity index (χ2n) is 3.84. The van der Waals surface area contributed by atoms with Crippen LogP contribution in [0.3, 0.4) is 0 Å². The Balaban J connectivity index is 3.17. The zero-order valence-electron chi connectivity index (χ0n) is 10.1. The normalized spacial score (nSPS) is 12.1. The van der Waals surface area contributed by atoms with E-state index in [9.17, 15) is 8.42 Å². The summed E-state index contributed by atoms with van der Waals surface area (Å²) in [5, 5.41) is 0.00920. The highest BCUT2D eigenvalue weighted by Gasteiger charge is 2.28. The molecule has 0 bridgehead atoms.